The van der Waals surface area contributed by atoms with E-state index in [-0.39, 0.29) is 0 Å². The van der Waals surface area contributed by atoms with Crippen LogP contribution in [0.3, 0.4) is 0 Å². The first-order valence-corrected chi connectivity index (χ1v) is 5.85. The number of anilines is 1. The molecule has 0 saturated carbocycles. The molecule has 0 saturated heterocycles. The van der Waals surface area contributed by atoms with Crippen molar-refractivity contribution in [1.29, 1.82) is 0 Å². The second kappa shape index (κ2) is 5.86. The van der Waals surface area contributed by atoms with Crippen LogP contribution >= 0.6 is 22.6 Å². The predicted octanol–water partition coefficient (Wildman–Crippen LogP) is 1.27. The predicted molar refractivity (Wildman–Crippen MR) is 75.7 cm³/mol. The highest BCUT2D eigenvalue weighted by Crippen LogP contribution is 2.24. The van der Waals surface area contributed by atoms with Crippen LogP contribution in [0, 0.1) is 15.4 Å². The van der Waals surface area contributed by atoms with Gasteiger partial charge >= 0.3 is 6.03 Å². The first kappa shape index (κ1) is 13.8. The van der Waals surface area contributed by atoms with Gasteiger partial charge in [-0.1, -0.05) is 12.0 Å². The smallest absolute Gasteiger partial charge is 0.264 e. The van der Waals surface area contributed by atoms with Gasteiger partial charge in [-0.3, -0.25) is 5.01 Å². The summed E-state index contributed by atoms with van der Waals surface area (Å²) in [5.74, 6) is 16.8. The highest BCUT2D eigenvalue weighted by atomic mass is 127. The van der Waals surface area contributed by atoms with Crippen molar-refractivity contribution in [3.8, 4) is 11.8 Å². The quantitative estimate of drug-likeness (QED) is 0.265. The van der Waals surface area contributed by atoms with Crippen molar-refractivity contribution in [2.45, 2.75) is 6.92 Å². The molecule has 1 aromatic rings. The van der Waals surface area contributed by atoms with Crippen molar-refractivity contribution in [1.82, 2.24) is 5.01 Å². The van der Waals surface area contributed by atoms with Gasteiger partial charge in [0.25, 0.3) is 0 Å². The molecule has 2 amide bonds. The Bertz CT molecular complexity index is 490. The summed E-state index contributed by atoms with van der Waals surface area (Å²) < 4.78 is 0.817. The Balaban J connectivity index is 3.18. The lowest BCUT2D eigenvalue weighted by atomic mass is 10.2. The molecular weight excluding hydrogens is 331 g/mol. The Morgan fingerprint density at radius 2 is 2.06 bits per heavy atom. The van der Waals surface area contributed by atoms with Gasteiger partial charge in [-0.05, 0) is 41.6 Å². The minimum atomic E-state index is -0.496. The fourth-order valence-corrected chi connectivity index (χ4v) is 1.96. The number of urea groups is 1. The zero-order chi connectivity index (χ0) is 13.0. The van der Waals surface area contributed by atoms with Gasteiger partial charge in [0.05, 0.1) is 9.26 Å². The summed E-state index contributed by atoms with van der Waals surface area (Å²) >= 11 is 2.10. The van der Waals surface area contributed by atoms with Crippen LogP contribution in [0.2, 0.25) is 0 Å². The standard InChI is InChI=1S/C11H13IN4O/c1-3-5-8-6-4-7-9(10(8)12)16(14)11(17)15(2)13/h4,6-7H,13-14H2,1-2H3. The Hall–Kier alpha value is -1.30. The average molecular weight is 344 g/mol. The summed E-state index contributed by atoms with van der Waals surface area (Å²) in [6.45, 7) is 1.75. The largest absolute Gasteiger partial charge is 0.352 e. The van der Waals surface area contributed by atoms with Crippen LogP contribution in [0.15, 0.2) is 18.2 Å². The van der Waals surface area contributed by atoms with Crippen LogP contribution in [0.25, 0.3) is 0 Å². The molecule has 0 aliphatic rings. The van der Waals surface area contributed by atoms with Gasteiger partial charge in [0, 0.05) is 12.6 Å². The number of nitrogens with two attached hydrogens (primary N) is 2. The number of carbonyl (C=O) groups is 1. The summed E-state index contributed by atoms with van der Waals surface area (Å²) in [5.41, 5.74) is 1.40. The molecular formula is C11H13IN4O. The minimum absolute atomic E-state index is 0.496. The lowest BCUT2D eigenvalue weighted by Crippen LogP contribution is -2.48. The highest BCUT2D eigenvalue weighted by Gasteiger charge is 2.17. The SMILES string of the molecule is CC#Cc1cccc(N(N)C(=O)N(C)N)c1I. The molecule has 0 unspecified atom stereocenters. The van der Waals surface area contributed by atoms with Crippen molar-refractivity contribution >= 4 is 34.3 Å². The highest BCUT2D eigenvalue weighted by molar-refractivity contribution is 14.1. The Morgan fingerprint density at radius 3 is 2.59 bits per heavy atom. The van der Waals surface area contributed by atoms with Gasteiger partial charge in [-0.2, -0.15) is 0 Å². The molecule has 1 rings (SSSR count). The Kier molecular flexibility index (Phi) is 4.74. The van der Waals surface area contributed by atoms with Gasteiger partial charge in [0.1, 0.15) is 0 Å². The normalized spacial score (nSPS) is 9.24. The minimum Gasteiger partial charge on any atom is -0.264 e. The molecule has 0 spiro atoms. The van der Waals surface area contributed by atoms with E-state index in [1.54, 1.807) is 19.1 Å². The molecule has 1 aromatic carbocycles. The number of benzene rings is 1. The van der Waals surface area contributed by atoms with Crippen molar-refractivity contribution in [2.24, 2.45) is 11.7 Å². The second-order valence-electron chi connectivity index (χ2n) is 3.28. The zero-order valence-corrected chi connectivity index (χ0v) is 11.7. The maximum absolute atomic E-state index is 11.6. The van der Waals surface area contributed by atoms with Gasteiger partial charge < -0.3 is 0 Å². The van der Waals surface area contributed by atoms with E-state index in [0.717, 1.165) is 19.2 Å². The lowest BCUT2D eigenvalue weighted by Gasteiger charge is -2.22. The first-order valence-electron chi connectivity index (χ1n) is 4.77. The molecule has 6 heteroatoms. The molecule has 0 aliphatic carbocycles. The van der Waals surface area contributed by atoms with Crippen LogP contribution in [0.1, 0.15) is 12.5 Å². The van der Waals surface area contributed by atoms with Crippen molar-refractivity contribution < 1.29 is 4.79 Å². The topological polar surface area (TPSA) is 75.6 Å². The molecule has 4 N–H and O–H groups in total. The van der Waals surface area contributed by atoms with Crippen LogP contribution in [0.4, 0.5) is 10.5 Å². The fourth-order valence-electron chi connectivity index (χ4n) is 1.21. The van der Waals surface area contributed by atoms with Crippen LogP contribution in [0.5, 0.6) is 0 Å². The van der Waals surface area contributed by atoms with E-state index < -0.39 is 6.03 Å². The molecule has 0 radical (unpaired) electrons. The number of carbonyl (C=O) groups excluding carboxylic acids is 1. The van der Waals surface area contributed by atoms with Gasteiger partial charge in [0.15, 0.2) is 0 Å². The third-order valence-corrected chi connectivity index (χ3v) is 3.14. The summed E-state index contributed by atoms with van der Waals surface area (Å²) in [7, 11) is 1.44. The summed E-state index contributed by atoms with van der Waals surface area (Å²) in [5, 5.41) is 1.93. The van der Waals surface area contributed by atoms with Crippen molar-refractivity contribution in [3.05, 3.63) is 27.3 Å². The molecule has 0 fully saturated rings. The Labute approximate surface area is 114 Å². The number of halogens is 1. The molecule has 90 valence electrons. The molecule has 17 heavy (non-hydrogen) atoms. The van der Waals surface area contributed by atoms with Crippen LogP contribution in [-0.2, 0) is 0 Å². The number of nitrogens with zero attached hydrogens (tertiary/aromatic N) is 2. The third kappa shape index (κ3) is 3.09. The molecule has 5 nitrogen and oxygen atoms in total. The van der Waals surface area contributed by atoms with E-state index in [1.165, 1.54) is 7.05 Å². The Morgan fingerprint density at radius 1 is 1.41 bits per heavy atom. The third-order valence-electron chi connectivity index (χ3n) is 2.01. The monoisotopic (exact) mass is 344 g/mol. The molecule has 0 aliphatic heterocycles. The molecule has 0 heterocycles. The number of hydrazine groups is 2. The van der Waals surface area contributed by atoms with Gasteiger partial charge in [-0.25, -0.2) is 21.5 Å². The lowest BCUT2D eigenvalue weighted by molar-refractivity contribution is 0.216. The van der Waals surface area contributed by atoms with E-state index in [9.17, 15) is 4.79 Å². The maximum Gasteiger partial charge on any atom is 0.352 e. The number of rotatable bonds is 1. The van der Waals surface area contributed by atoms with Crippen molar-refractivity contribution in [2.75, 3.05) is 12.1 Å². The number of amides is 2. The van der Waals surface area contributed by atoms with E-state index in [1.807, 2.05) is 6.07 Å². The summed E-state index contributed by atoms with van der Waals surface area (Å²) in [6.07, 6.45) is 0. The van der Waals surface area contributed by atoms with Gasteiger partial charge in [-0.15, -0.1) is 5.92 Å². The van der Waals surface area contributed by atoms with Crippen molar-refractivity contribution in [3.63, 3.8) is 0 Å². The fraction of sp³-hybridized carbons (Fsp3) is 0.182. The average Bonchev–Trinajstić information content (AvgIpc) is 2.30. The van der Waals surface area contributed by atoms with Crippen LogP contribution < -0.4 is 16.7 Å². The maximum atomic E-state index is 11.6. The van der Waals surface area contributed by atoms with E-state index >= 15 is 0 Å². The number of hydrogen-bond acceptors (Lipinski definition) is 3. The zero-order valence-electron chi connectivity index (χ0n) is 9.57. The van der Waals surface area contributed by atoms with E-state index in [2.05, 4.69) is 34.4 Å². The van der Waals surface area contributed by atoms with Gasteiger partial charge in [0.2, 0.25) is 0 Å². The summed E-state index contributed by atoms with van der Waals surface area (Å²) in [6, 6.07) is 4.90. The molecule has 0 atom stereocenters. The summed E-state index contributed by atoms with van der Waals surface area (Å²) in [4.78, 5) is 11.6. The first-order chi connectivity index (χ1) is 7.99. The molecule has 0 bridgehead atoms. The van der Waals surface area contributed by atoms with E-state index in [4.69, 9.17) is 11.7 Å². The second-order valence-corrected chi connectivity index (χ2v) is 4.36. The van der Waals surface area contributed by atoms with Crippen LogP contribution in [-0.4, -0.2) is 18.1 Å². The van der Waals surface area contributed by atoms with E-state index in [0.29, 0.717) is 5.69 Å². The number of hydrogen-bond donors (Lipinski definition) is 2. The molecule has 0 aromatic heterocycles.